The first kappa shape index (κ1) is 18.0. The van der Waals surface area contributed by atoms with Crippen LogP contribution in [0.15, 0.2) is 58.5 Å². The van der Waals surface area contributed by atoms with E-state index in [9.17, 15) is 18.0 Å². The predicted octanol–water partition coefficient (Wildman–Crippen LogP) is 4.41. The summed E-state index contributed by atoms with van der Waals surface area (Å²) in [5.74, 6) is 0. The highest BCUT2D eigenvalue weighted by molar-refractivity contribution is 8.00. The number of thioether (sulfide) groups is 1. The molecule has 0 aliphatic rings. The topological polar surface area (TPSA) is 58.7 Å². The molecular formula is C18H12F3N3OS. The van der Waals surface area contributed by atoms with Crippen LogP contribution in [0.1, 0.15) is 12.5 Å². The summed E-state index contributed by atoms with van der Waals surface area (Å²) in [5, 5.41) is 8.99. The van der Waals surface area contributed by atoms with Gasteiger partial charge in [-0.05, 0) is 37.3 Å². The molecule has 3 rings (SSSR count). The average Bonchev–Trinajstić information content (AvgIpc) is 2.61. The van der Waals surface area contributed by atoms with E-state index in [1.165, 1.54) is 12.1 Å². The third kappa shape index (κ3) is 3.44. The Morgan fingerprint density at radius 2 is 1.92 bits per heavy atom. The minimum atomic E-state index is -4.53. The highest BCUT2D eigenvalue weighted by atomic mass is 32.2. The molecule has 132 valence electrons. The summed E-state index contributed by atoms with van der Waals surface area (Å²) in [5.41, 5.74) is -0.869. The van der Waals surface area contributed by atoms with Gasteiger partial charge >= 0.3 is 6.18 Å². The molecular weight excluding hydrogens is 363 g/mol. The molecule has 1 unspecified atom stereocenters. The van der Waals surface area contributed by atoms with Gasteiger partial charge < -0.3 is 0 Å². The van der Waals surface area contributed by atoms with E-state index in [2.05, 4.69) is 4.98 Å². The number of fused-ring (bicyclic) bond motifs is 1. The van der Waals surface area contributed by atoms with Crippen LogP contribution in [-0.2, 0) is 6.18 Å². The lowest BCUT2D eigenvalue weighted by atomic mass is 10.2. The minimum absolute atomic E-state index is 0.0516. The second-order valence-corrected chi connectivity index (χ2v) is 6.80. The van der Waals surface area contributed by atoms with Crippen LogP contribution < -0.4 is 5.56 Å². The maximum Gasteiger partial charge on any atom is 0.416 e. The molecule has 0 aliphatic carbocycles. The predicted molar refractivity (Wildman–Crippen MR) is 93.3 cm³/mol. The van der Waals surface area contributed by atoms with Gasteiger partial charge in [0.2, 0.25) is 0 Å². The van der Waals surface area contributed by atoms with E-state index in [0.717, 1.165) is 28.5 Å². The van der Waals surface area contributed by atoms with Crippen molar-refractivity contribution < 1.29 is 13.2 Å². The van der Waals surface area contributed by atoms with Gasteiger partial charge in [0.05, 0.1) is 33.5 Å². The van der Waals surface area contributed by atoms with Crippen LogP contribution in [0.25, 0.3) is 16.6 Å². The van der Waals surface area contributed by atoms with Crippen LogP contribution in [0.2, 0.25) is 0 Å². The van der Waals surface area contributed by atoms with Gasteiger partial charge in [0.25, 0.3) is 5.56 Å². The van der Waals surface area contributed by atoms with Gasteiger partial charge in [-0.25, -0.2) is 4.98 Å². The lowest BCUT2D eigenvalue weighted by Crippen LogP contribution is -2.22. The van der Waals surface area contributed by atoms with E-state index >= 15 is 0 Å². The van der Waals surface area contributed by atoms with Gasteiger partial charge in [-0.3, -0.25) is 9.36 Å². The van der Waals surface area contributed by atoms with Gasteiger partial charge in [-0.15, -0.1) is 0 Å². The van der Waals surface area contributed by atoms with Crippen LogP contribution in [0.5, 0.6) is 0 Å². The van der Waals surface area contributed by atoms with Crippen molar-refractivity contribution in [3.8, 4) is 11.8 Å². The number of nitriles is 1. The molecule has 1 aromatic heterocycles. The number of hydrogen-bond donors (Lipinski definition) is 0. The normalized spacial score (nSPS) is 12.7. The highest BCUT2D eigenvalue weighted by Gasteiger charge is 2.31. The zero-order valence-electron chi connectivity index (χ0n) is 13.5. The quantitative estimate of drug-likeness (QED) is 0.503. The number of hydrogen-bond acceptors (Lipinski definition) is 4. The Morgan fingerprint density at radius 1 is 1.19 bits per heavy atom. The Balaban J connectivity index is 2.30. The monoisotopic (exact) mass is 375 g/mol. The summed E-state index contributed by atoms with van der Waals surface area (Å²) < 4.78 is 40.3. The first-order valence-electron chi connectivity index (χ1n) is 7.57. The van der Waals surface area contributed by atoms with Gasteiger partial charge in [0.15, 0.2) is 5.16 Å². The minimum Gasteiger partial charge on any atom is -0.268 e. The van der Waals surface area contributed by atoms with E-state index < -0.39 is 22.5 Å². The van der Waals surface area contributed by atoms with Gasteiger partial charge in [0, 0.05) is 0 Å². The van der Waals surface area contributed by atoms with Crippen molar-refractivity contribution >= 4 is 22.7 Å². The fraction of sp³-hybridized carbons (Fsp3) is 0.167. The fourth-order valence-corrected chi connectivity index (χ4v) is 3.24. The zero-order valence-corrected chi connectivity index (χ0v) is 14.3. The number of para-hydroxylation sites is 1. The van der Waals surface area contributed by atoms with E-state index in [-0.39, 0.29) is 10.8 Å². The maximum absolute atomic E-state index is 13.1. The van der Waals surface area contributed by atoms with Crippen molar-refractivity contribution in [1.29, 1.82) is 5.26 Å². The molecule has 0 spiro atoms. The maximum atomic E-state index is 13.1. The lowest BCUT2D eigenvalue weighted by molar-refractivity contribution is -0.137. The first-order valence-corrected chi connectivity index (χ1v) is 8.45. The second kappa shape index (κ2) is 6.84. The summed E-state index contributed by atoms with van der Waals surface area (Å²) >= 11 is 1.02. The number of rotatable bonds is 3. The molecule has 0 fully saturated rings. The summed E-state index contributed by atoms with van der Waals surface area (Å²) in [6.07, 6.45) is -4.53. The molecule has 0 radical (unpaired) electrons. The Kier molecular flexibility index (Phi) is 4.74. The average molecular weight is 375 g/mol. The van der Waals surface area contributed by atoms with Crippen molar-refractivity contribution in [2.24, 2.45) is 0 Å². The zero-order chi connectivity index (χ0) is 18.9. The van der Waals surface area contributed by atoms with Crippen molar-refractivity contribution in [2.45, 2.75) is 23.5 Å². The van der Waals surface area contributed by atoms with Crippen LogP contribution in [-0.4, -0.2) is 14.8 Å². The van der Waals surface area contributed by atoms with Crippen LogP contribution in [0, 0.1) is 11.3 Å². The van der Waals surface area contributed by atoms with Crippen LogP contribution >= 0.6 is 11.8 Å². The standard InChI is InChI=1S/C18H12F3N3OS/c1-11(10-22)26-17-23-15-8-3-2-7-14(15)16(25)24(17)13-6-4-5-12(9-13)18(19,20)21/h2-9,11H,1H3. The number of halogens is 3. The number of benzene rings is 2. The molecule has 2 aromatic carbocycles. The summed E-state index contributed by atoms with van der Waals surface area (Å²) in [7, 11) is 0. The lowest BCUT2D eigenvalue weighted by Gasteiger charge is -2.15. The van der Waals surface area contributed by atoms with Crippen molar-refractivity contribution in [3.63, 3.8) is 0 Å². The van der Waals surface area contributed by atoms with Gasteiger partial charge in [-0.1, -0.05) is 30.0 Å². The number of aromatic nitrogens is 2. The van der Waals surface area contributed by atoms with E-state index in [0.29, 0.717) is 10.9 Å². The molecule has 0 amide bonds. The Labute approximate surface area is 150 Å². The smallest absolute Gasteiger partial charge is 0.268 e. The molecule has 0 N–H and O–H groups in total. The SMILES string of the molecule is CC(C#N)Sc1nc2ccccc2c(=O)n1-c1cccc(C(F)(F)F)c1. The summed E-state index contributed by atoms with van der Waals surface area (Å²) in [4.78, 5) is 17.3. The van der Waals surface area contributed by atoms with E-state index in [4.69, 9.17) is 5.26 Å². The first-order chi connectivity index (χ1) is 12.3. The molecule has 4 nitrogen and oxygen atoms in total. The number of nitrogens with zero attached hydrogens (tertiary/aromatic N) is 3. The van der Waals surface area contributed by atoms with Gasteiger partial charge in [0.1, 0.15) is 0 Å². The molecule has 26 heavy (non-hydrogen) atoms. The molecule has 8 heteroatoms. The third-order valence-electron chi connectivity index (χ3n) is 3.64. The fourth-order valence-electron chi connectivity index (χ4n) is 2.42. The molecule has 0 saturated heterocycles. The summed E-state index contributed by atoms with van der Waals surface area (Å²) in [6.45, 7) is 1.63. The Morgan fingerprint density at radius 3 is 2.62 bits per heavy atom. The summed E-state index contributed by atoms with van der Waals surface area (Å²) in [6, 6.07) is 13.1. The largest absolute Gasteiger partial charge is 0.416 e. The Bertz CT molecular complexity index is 1070. The van der Waals surface area contributed by atoms with Crippen LogP contribution in [0.3, 0.4) is 0 Å². The molecule has 1 heterocycles. The molecule has 1 atom stereocenters. The van der Waals surface area contributed by atoms with E-state index in [1.807, 2.05) is 6.07 Å². The Hall–Kier alpha value is -2.79. The molecule has 0 aliphatic heterocycles. The van der Waals surface area contributed by atoms with Crippen molar-refractivity contribution in [1.82, 2.24) is 9.55 Å². The highest BCUT2D eigenvalue weighted by Crippen LogP contribution is 2.31. The van der Waals surface area contributed by atoms with Crippen LogP contribution in [0.4, 0.5) is 13.2 Å². The third-order valence-corrected chi connectivity index (χ3v) is 4.58. The molecule has 0 bridgehead atoms. The second-order valence-electron chi connectivity index (χ2n) is 5.49. The number of alkyl halides is 3. The van der Waals surface area contributed by atoms with E-state index in [1.54, 1.807) is 31.2 Å². The molecule has 3 aromatic rings. The molecule has 0 saturated carbocycles. The van der Waals surface area contributed by atoms with Gasteiger partial charge in [-0.2, -0.15) is 18.4 Å². The van der Waals surface area contributed by atoms with Crippen molar-refractivity contribution in [2.75, 3.05) is 0 Å². The van der Waals surface area contributed by atoms with Crippen molar-refractivity contribution in [3.05, 3.63) is 64.4 Å².